The fraction of sp³-hybridized carbons (Fsp3) is 0.706. The normalized spacial score (nSPS) is 34.1. The average molecular weight is 648 g/mol. The van der Waals surface area contributed by atoms with Gasteiger partial charge in [-0.1, -0.05) is 5.11 Å². The number of aromatic amines is 1. The number of aromatic nitrogens is 2. The SMILES string of the molecule is [N-]=[N+]=NCC(=O)NC1C(O)[C@@H](O)C(CO)O[C@H]1OP(=O)(O)OP(=O)(O)OC[C@H]1O[C@@H](n2ccc(=O)[nH]c2=O)C(O)C1O. The molecule has 0 saturated carbocycles. The highest BCUT2D eigenvalue weighted by Gasteiger charge is 2.50. The summed E-state index contributed by atoms with van der Waals surface area (Å²) < 4.78 is 49.3. The van der Waals surface area contributed by atoms with Gasteiger partial charge in [-0.3, -0.25) is 28.2 Å². The molecule has 0 aliphatic carbocycles. The molecule has 9 N–H and O–H groups in total. The molecule has 11 atom stereocenters. The number of H-pyrrole nitrogens is 1. The lowest BCUT2D eigenvalue weighted by atomic mass is 9.97. The summed E-state index contributed by atoms with van der Waals surface area (Å²) in [6.45, 7) is -2.85. The number of aliphatic hydroxyl groups is 5. The van der Waals surface area contributed by atoms with Crippen molar-refractivity contribution in [3.63, 3.8) is 0 Å². The van der Waals surface area contributed by atoms with Crippen molar-refractivity contribution in [2.75, 3.05) is 19.8 Å². The summed E-state index contributed by atoms with van der Waals surface area (Å²) in [6, 6.07) is -0.958. The summed E-state index contributed by atoms with van der Waals surface area (Å²) in [7, 11) is -11.3. The molecule has 25 heteroatoms. The molecule has 0 bridgehead atoms. The Hall–Kier alpha value is -2.56. The molecule has 1 aromatic rings. The highest BCUT2D eigenvalue weighted by molar-refractivity contribution is 7.61. The Kier molecular flexibility index (Phi) is 11.2. The minimum atomic E-state index is -5.73. The van der Waals surface area contributed by atoms with Gasteiger partial charge in [-0.2, -0.15) is 4.31 Å². The van der Waals surface area contributed by atoms with E-state index in [2.05, 4.69) is 23.4 Å². The number of hydrogen-bond acceptors (Lipinski definition) is 16. The minimum absolute atomic E-state index is 0.705. The van der Waals surface area contributed by atoms with Crippen molar-refractivity contribution in [3.8, 4) is 0 Å². The topological polar surface area (TPSA) is 355 Å². The van der Waals surface area contributed by atoms with Crippen LogP contribution in [0, 0.1) is 0 Å². The van der Waals surface area contributed by atoms with E-state index in [4.69, 9.17) is 15.0 Å². The number of azide groups is 1. The van der Waals surface area contributed by atoms with E-state index in [0.29, 0.717) is 4.57 Å². The highest BCUT2D eigenvalue weighted by atomic mass is 31.3. The summed E-state index contributed by atoms with van der Waals surface area (Å²) in [5, 5.41) is 55.1. The number of amides is 1. The number of aliphatic hydroxyl groups excluding tert-OH is 5. The Bertz CT molecular complexity index is 1380. The third-order valence-electron chi connectivity index (χ3n) is 5.79. The number of phosphoric acid groups is 2. The van der Waals surface area contributed by atoms with E-state index in [-0.39, 0.29) is 0 Å². The number of hydrogen-bond donors (Lipinski definition) is 9. The van der Waals surface area contributed by atoms with E-state index in [0.717, 1.165) is 12.3 Å². The number of carbonyl (C=O) groups is 1. The first-order valence-corrected chi connectivity index (χ1v) is 14.5. The summed E-state index contributed by atoms with van der Waals surface area (Å²) in [4.78, 5) is 59.4. The van der Waals surface area contributed by atoms with Crippen LogP contribution in [0.1, 0.15) is 6.23 Å². The molecule has 2 saturated heterocycles. The van der Waals surface area contributed by atoms with Gasteiger partial charge in [0.15, 0.2) is 12.5 Å². The first kappa shape index (κ1) is 33.9. The van der Waals surface area contributed by atoms with Crippen molar-refractivity contribution in [1.29, 1.82) is 0 Å². The van der Waals surface area contributed by atoms with Crippen molar-refractivity contribution in [2.24, 2.45) is 5.11 Å². The smallest absolute Gasteiger partial charge is 0.394 e. The lowest BCUT2D eigenvalue weighted by Gasteiger charge is -2.42. The Morgan fingerprint density at radius 1 is 1.10 bits per heavy atom. The largest absolute Gasteiger partial charge is 0.483 e. The molecular formula is C17H26N6O17P2. The van der Waals surface area contributed by atoms with E-state index < -0.39 is 108 Å². The zero-order valence-corrected chi connectivity index (χ0v) is 22.7. The van der Waals surface area contributed by atoms with Crippen LogP contribution in [0.4, 0.5) is 0 Å². The molecule has 2 aliphatic heterocycles. The molecule has 1 aromatic heterocycles. The number of phosphoric ester groups is 2. The maximum Gasteiger partial charge on any atom is 0.483 e. The summed E-state index contributed by atoms with van der Waals surface area (Å²) >= 11 is 0. The molecule has 3 heterocycles. The van der Waals surface area contributed by atoms with E-state index >= 15 is 0 Å². The summed E-state index contributed by atoms with van der Waals surface area (Å²) in [5.41, 5.74) is 6.54. The predicted octanol–water partition coefficient (Wildman–Crippen LogP) is -4.36. The second-order valence-corrected chi connectivity index (χ2v) is 11.7. The van der Waals surface area contributed by atoms with Gasteiger partial charge in [-0.05, 0) is 5.53 Å². The molecule has 0 radical (unpaired) electrons. The molecule has 0 spiro atoms. The van der Waals surface area contributed by atoms with Crippen molar-refractivity contribution in [1.82, 2.24) is 14.9 Å². The molecule has 0 aromatic carbocycles. The van der Waals surface area contributed by atoms with Crippen LogP contribution in [-0.2, 0) is 36.8 Å². The zero-order chi connectivity index (χ0) is 31.4. The van der Waals surface area contributed by atoms with E-state index in [1.165, 1.54) is 0 Å². The lowest BCUT2D eigenvalue weighted by Crippen LogP contribution is -2.64. The third kappa shape index (κ3) is 8.29. The number of ether oxygens (including phenoxy) is 2. The lowest BCUT2D eigenvalue weighted by molar-refractivity contribution is -0.247. The third-order valence-corrected chi connectivity index (χ3v) is 8.39. The quantitative estimate of drug-likeness (QED) is 0.0447. The van der Waals surface area contributed by atoms with Crippen LogP contribution in [0.2, 0.25) is 0 Å². The first-order chi connectivity index (χ1) is 19.6. The van der Waals surface area contributed by atoms with Gasteiger partial charge in [-0.15, -0.1) is 0 Å². The maximum atomic E-state index is 12.5. The van der Waals surface area contributed by atoms with E-state index in [1.54, 1.807) is 0 Å². The van der Waals surface area contributed by atoms with Crippen molar-refractivity contribution < 1.29 is 72.1 Å². The first-order valence-electron chi connectivity index (χ1n) is 11.5. The van der Waals surface area contributed by atoms with Gasteiger partial charge in [0.25, 0.3) is 5.56 Å². The number of rotatable bonds is 12. The van der Waals surface area contributed by atoms with E-state index in [1.807, 2.05) is 10.3 Å². The van der Waals surface area contributed by atoms with Crippen LogP contribution >= 0.6 is 15.6 Å². The number of nitrogens with one attached hydrogen (secondary N) is 2. The summed E-state index contributed by atoms with van der Waals surface area (Å²) in [6.07, 6.45) is -13.6. The average Bonchev–Trinajstić information content (AvgIpc) is 3.18. The standard InChI is InChI=1S/C17H26N6O17P2/c18-22-19-3-9(26)20-10-13(29)11(27)6(4-24)38-16(10)39-42(34,35)40-41(32,33)36-5-7-12(28)14(30)15(37-7)23-2-1-8(25)21-17(23)31/h1-2,6-7,10-16,24,27-30H,3-5H2,(H,20,26)(H,32,33)(H,34,35)(H,21,25,31)/t6?,7-,10?,11+,12?,13?,14?,15-,16+/m1/s1. The van der Waals surface area contributed by atoms with Crippen molar-refractivity contribution >= 4 is 21.6 Å². The van der Waals surface area contributed by atoms with Gasteiger partial charge >= 0.3 is 21.3 Å². The van der Waals surface area contributed by atoms with Gasteiger partial charge < -0.3 is 50.1 Å². The minimum Gasteiger partial charge on any atom is -0.394 e. The second kappa shape index (κ2) is 13.8. The van der Waals surface area contributed by atoms with Gasteiger partial charge in [0.1, 0.15) is 49.2 Å². The van der Waals surface area contributed by atoms with Crippen LogP contribution in [0.15, 0.2) is 27.0 Å². The van der Waals surface area contributed by atoms with Crippen LogP contribution in [0.5, 0.6) is 0 Å². The Balaban J connectivity index is 1.67. The van der Waals surface area contributed by atoms with Gasteiger partial charge in [0.05, 0.1) is 13.2 Å². The van der Waals surface area contributed by atoms with Crippen LogP contribution in [0.3, 0.4) is 0 Å². The molecule has 42 heavy (non-hydrogen) atoms. The molecular weight excluding hydrogens is 622 g/mol. The fourth-order valence-corrected chi connectivity index (χ4v) is 6.01. The molecule has 2 aliphatic rings. The zero-order valence-electron chi connectivity index (χ0n) is 20.9. The molecule has 23 nitrogen and oxygen atoms in total. The van der Waals surface area contributed by atoms with Gasteiger partial charge in [0, 0.05) is 17.2 Å². The molecule has 1 amide bonds. The van der Waals surface area contributed by atoms with Gasteiger partial charge in [0.2, 0.25) is 5.91 Å². The molecule has 2 fully saturated rings. The van der Waals surface area contributed by atoms with Crippen LogP contribution in [-0.4, -0.2) is 119 Å². The molecule has 3 rings (SSSR count). The number of carbonyl (C=O) groups excluding carboxylic acids is 1. The van der Waals surface area contributed by atoms with Crippen LogP contribution in [0.25, 0.3) is 10.4 Å². The molecule has 236 valence electrons. The second-order valence-electron chi connectivity index (χ2n) is 8.67. The Morgan fingerprint density at radius 2 is 1.76 bits per heavy atom. The Labute approximate surface area is 232 Å². The monoisotopic (exact) mass is 648 g/mol. The number of nitrogens with zero attached hydrogens (tertiary/aromatic N) is 4. The Morgan fingerprint density at radius 3 is 2.38 bits per heavy atom. The van der Waals surface area contributed by atoms with Gasteiger partial charge in [-0.25, -0.2) is 13.9 Å². The predicted molar refractivity (Wildman–Crippen MR) is 129 cm³/mol. The van der Waals surface area contributed by atoms with Crippen molar-refractivity contribution in [3.05, 3.63) is 43.5 Å². The van der Waals surface area contributed by atoms with Crippen molar-refractivity contribution in [2.45, 2.75) is 55.2 Å². The van der Waals surface area contributed by atoms with E-state index in [9.17, 15) is 58.8 Å². The molecule has 7 unspecified atom stereocenters. The maximum absolute atomic E-state index is 12.5. The van der Waals surface area contributed by atoms with Crippen LogP contribution < -0.4 is 16.6 Å². The fourth-order valence-electron chi connectivity index (χ4n) is 3.85. The summed E-state index contributed by atoms with van der Waals surface area (Å²) in [5.74, 6) is -1.08. The highest BCUT2D eigenvalue weighted by Crippen LogP contribution is 2.61.